The number of rotatable bonds is 10. The van der Waals surface area contributed by atoms with Crippen molar-refractivity contribution in [2.45, 2.75) is 77.4 Å². The molecule has 2 amide bonds. The lowest BCUT2D eigenvalue weighted by Crippen LogP contribution is -2.52. The summed E-state index contributed by atoms with van der Waals surface area (Å²) in [5.41, 5.74) is 1.93. The Balaban J connectivity index is 1.77. The van der Waals surface area contributed by atoms with E-state index in [1.54, 1.807) is 23.1 Å². The minimum atomic E-state index is -0.618. The Morgan fingerprint density at radius 2 is 1.76 bits per heavy atom. The molecule has 1 aliphatic carbocycles. The molecule has 1 aliphatic rings. The Labute approximate surface area is 212 Å². The highest BCUT2D eigenvalue weighted by molar-refractivity contribution is 6.35. The Bertz CT molecular complexity index is 959. The molecule has 0 aliphatic heterocycles. The molecule has 0 spiro atoms. The van der Waals surface area contributed by atoms with Gasteiger partial charge in [0.15, 0.2) is 6.61 Å². The van der Waals surface area contributed by atoms with Crippen molar-refractivity contribution in [2.75, 3.05) is 6.61 Å². The molecule has 0 heterocycles. The summed E-state index contributed by atoms with van der Waals surface area (Å²) in [4.78, 5) is 28.2. The van der Waals surface area contributed by atoms with Gasteiger partial charge in [-0.05, 0) is 61.1 Å². The second kappa shape index (κ2) is 13.0. The van der Waals surface area contributed by atoms with Crippen LogP contribution in [0.4, 0.5) is 0 Å². The van der Waals surface area contributed by atoms with Gasteiger partial charge in [-0.3, -0.25) is 9.59 Å². The summed E-state index contributed by atoms with van der Waals surface area (Å²) in [5.74, 6) is 0.228. The molecular weight excluding hydrogens is 471 g/mol. The Hall–Kier alpha value is -2.24. The molecule has 1 fully saturated rings. The first-order valence-corrected chi connectivity index (χ1v) is 12.9. The van der Waals surface area contributed by atoms with Gasteiger partial charge in [-0.25, -0.2) is 0 Å². The molecule has 1 N–H and O–H groups in total. The van der Waals surface area contributed by atoms with Gasteiger partial charge in [0.25, 0.3) is 5.91 Å². The summed E-state index contributed by atoms with van der Waals surface area (Å²) >= 11 is 12.5. The fourth-order valence-corrected chi connectivity index (χ4v) is 4.81. The summed E-state index contributed by atoms with van der Waals surface area (Å²) in [5, 5.41) is 4.16. The van der Waals surface area contributed by atoms with Crippen molar-refractivity contribution in [1.29, 1.82) is 0 Å². The van der Waals surface area contributed by atoms with E-state index in [9.17, 15) is 9.59 Å². The predicted octanol–water partition coefficient (Wildman–Crippen LogP) is 6.19. The Kier molecular flexibility index (Phi) is 10.1. The Morgan fingerprint density at radius 3 is 2.38 bits per heavy atom. The van der Waals surface area contributed by atoms with Crippen LogP contribution in [0.25, 0.3) is 0 Å². The summed E-state index contributed by atoms with van der Waals surface area (Å²) in [6, 6.07) is 12.4. The number of benzene rings is 2. The van der Waals surface area contributed by atoms with Crippen molar-refractivity contribution < 1.29 is 14.3 Å². The highest BCUT2D eigenvalue weighted by Gasteiger charge is 2.31. The first-order chi connectivity index (χ1) is 16.4. The van der Waals surface area contributed by atoms with Crippen LogP contribution in [0.2, 0.25) is 10.0 Å². The minimum Gasteiger partial charge on any atom is -0.484 e. The minimum absolute atomic E-state index is 0.125. The fourth-order valence-electron chi connectivity index (χ4n) is 4.35. The van der Waals surface area contributed by atoms with Crippen LogP contribution in [0, 0.1) is 0 Å². The maximum absolute atomic E-state index is 13.4. The molecule has 3 rings (SSSR count). The number of nitrogens with zero attached hydrogens (tertiary/aromatic N) is 1. The number of aryl methyl sites for hydroxylation is 1. The van der Waals surface area contributed by atoms with Crippen molar-refractivity contribution in [1.82, 2.24) is 10.2 Å². The first-order valence-electron chi connectivity index (χ1n) is 12.2. The molecule has 184 valence electrons. The second-order valence-corrected chi connectivity index (χ2v) is 9.65. The summed E-state index contributed by atoms with van der Waals surface area (Å²) in [6.07, 6.45) is 6.83. The van der Waals surface area contributed by atoms with E-state index in [1.807, 2.05) is 31.2 Å². The van der Waals surface area contributed by atoms with Gasteiger partial charge >= 0.3 is 0 Å². The monoisotopic (exact) mass is 504 g/mol. The third kappa shape index (κ3) is 7.38. The molecule has 34 heavy (non-hydrogen) atoms. The lowest BCUT2D eigenvalue weighted by atomic mass is 9.95. The molecule has 1 saturated carbocycles. The molecule has 0 saturated heterocycles. The highest BCUT2D eigenvalue weighted by atomic mass is 35.5. The van der Waals surface area contributed by atoms with Gasteiger partial charge in [-0.2, -0.15) is 0 Å². The zero-order chi connectivity index (χ0) is 24.5. The number of hydrogen-bond donors (Lipinski definition) is 1. The lowest BCUT2D eigenvalue weighted by Gasteiger charge is -2.33. The molecule has 2 aromatic rings. The molecule has 0 unspecified atom stereocenters. The number of halogens is 2. The molecular formula is C27H34Cl2N2O3. The molecule has 2 aromatic carbocycles. The number of carbonyl (C=O) groups is 2. The molecule has 1 atom stereocenters. The zero-order valence-electron chi connectivity index (χ0n) is 20.0. The van der Waals surface area contributed by atoms with Crippen molar-refractivity contribution in [3.05, 3.63) is 63.6 Å². The number of ether oxygens (including phenoxy) is 1. The first kappa shape index (κ1) is 26.4. The van der Waals surface area contributed by atoms with E-state index in [1.165, 1.54) is 12.0 Å². The molecule has 0 radical (unpaired) electrons. The number of carbonyl (C=O) groups excluding carboxylic acids is 2. The van der Waals surface area contributed by atoms with Crippen molar-refractivity contribution in [3.8, 4) is 5.75 Å². The summed E-state index contributed by atoms with van der Waals surface area (Å²) in [6.45, 7) is 4.04. The molecule has 0 aromatic heterocycles. The Morgan fingerprint density at radius 1 is 1.06 bits per heavy atom. The van der Waals surface area contributed by atoms with Crippen molar-refractivity contribution in [2.24, 2.45) is 0 Å². The number of nitrogens with one attached hydrogen (secondary N) is 1. The SMILES string of the molecule is CCc1ccc(OCC(=O)N(Cc2ccc(Cl)cc2Cl)[C@@H](CC)C(=O)NC2CCCCC2)cc1. The van der Waals surface area contributed by atoms with E-state index in [0.717, 1.165) is 37.7 Å². The lowest BCUT2D eigenvalue weighted by molar-refractivity contribution is -0.143. The summed E-state index contributed by atoms with van der Waals surface area (Å²) in [7, 11) is 0. The van der Waals surface area contributed by atoms with Crippen LogP contribution >= 0.6 is 23.2 Å². The van der Waals surface area contributed by atoms with Crippen molar-refractivity contribution in [3.63, 3.8) is 0 Å². The van der Waals surface area contributed by atoms with E-state index < -0.39 is 6.04 Å². The predicted molar refractivity (Wildman–Crippen MR) is 137 cm³/mol. The maximum Gasteiger partial charge on any atom is 0.261 e. The number of amides is 2. The van der Waals surface area contributed by atoms with Gasteiger partial charge in [-0.15, -0.1) is 0 Å². The third-order valence-electron chi connectivity index (χ3n) is 6.39. The molecule has 0 bridgehead atoms. The average Bonchev–Trinajstić information content (AvgIpc) is 2.84. The second-order valence-electron chi connectivity index (χ2n) is 8.81. The van der Waals surface area contributed by atoms with Crippen LogP contribution in [-0.2, 0) is 22.6 Å². The molecule has 5 nitrogen and oxygen atoms in total. The van der Waals surface area contributed by atoms with Gasteiger partial charge < -0.3 is 15.0 Å². The van der Waals surface area contributed by atoms with E-state index in [0.29, 0.717) is 22.2 Å². The molecule has 7 heteroatoms. The number of hydrogen-bond acceptors (Lipinski definition) is 3. The fraction of sp³-hybridized carbons (Fsp3) is 0.481. The van der Waals surface area contributed by atoms with Crippen LogP contribution < -0.4 is 10.1 Å². The summed E-state index contributed by atoms with van der Waals surface area (Å²) < 4.78 is 5.78. The van der Waals surface area contributed by atoms with Gasteiger partial charge in [-0.1, -0.05) is 74.5 Å². The van der Waals surface area contributed by atoms with E-state index >= 15 is 0 Å². The van der Waals surface area contributed by atoms with Gasteiger partial charge in [0.1, 0.15) is 11.8 Å². The zero-order valence-corrected chi connectivity index (χ0v) is 21.5. The normalized spacial score (nSPS) is 14.9. The average molecular weight is 505 g/mol. The van der Waals surface area contributed by atoms with E-state index in [2.05, 4.69) is 12.2 Å². The van der Waals surface area contributed by atoms with Gasteiger partial charge in [0, 0.05) is 22.6 Å². The quantitative estimate of drug-likeness (QED) is 0.419. The van der Waals surface area contributed by atoms with Crippen LogP contribution in [0.15, 0.2) is 42.5 Å². The van der Waals surface area contributed by atoms with Gasteiger partial charge in [0.2, 0.25) is 5.91 Å². The largest absolute Gasteiger partial charge is 0.484 e. The standard InChI is InChI=1S/C27H34Cl2N2O3/c1-3-19-10-14-23(15-11-19)34-18-26(32)31(17-20-12-13-21(28)16-24(20)29)25(4-2)27(33)30-22-8-6-5-7-9-22/h10-16,22,25H,3-9,17-18H2,1-2H3,(H,30,33)/t25-/m0/s1. The van der Waals surface area contributed by atoms with Crippen LogP contribution in [0.5, 0.6) is 5.75 Å². The van der Waals surface area contributed by atoms with Crippen LogP contribution in [0.3, 0.4) is 0 Å². The van der Waals surface area contributed by atoms with E-state index in [4.69, 9.17) is 27.9 Å². The highest BCUT2D eigenvalue weighted by Crippen LogP contribution is 2.24. The third-order valence-corrected chi connectivity index (χ3v) is 6.97. The topological polar surface area (TPSA) is 58.6 Å². The maximum atomic E-state index is 13.4. The van der Waals surface area contributed by atoms with Crippen molar-refractivity contribution >= 4 is 35.0 Å². The smallest absolute Gasteiger partial charge is 0.261 e. The van der Waals surface area contributed by atoms with Crippen LogP contribution in [-0.4, -0.2) is 35.4 Å². The van der Waals surface area contributed by atoms with Crippen LogP contribution in [0.1, 0.15) is 63.5 Å². The van der Waals surface area contributed by atoms with E-state index in [-0.39, 0.29) is 31.0 Å². The van der Waals surface area contributed by atoms with Gasteiger partial charge in [0.05, 0.1) is 0 Å².